The fourth-order valence-corrected chi connectivity index (χ4v) is 5.40. The van der Waals surface area contributed by atoms with Crippen LogP contribution in [0.3, 0.4) is 0 Å². The van der Waals surface area contributed by atoms with Gasteiger partial charge in [-0.1, -0.05) is 105 Å². The maximum Gasteiger partial charge on any atom is 0.260 e. The molecule has 0 radical (unpaired) electrons. The molecule has 0 saturated carbocycles. The van der Waals surface area contributed by atoms with Gasteiger partial charge >= 0.3 is 0 Å². The molecule has 4 heteroatoms. The maximum atomic E-state index is 13.2. The molecule has 2 aliphatic rings. The van der Waals surface area contributed by atoms with Crippen molar-refractivity contribution in [2.75, 3.05) is 13.1 Å². The summed E-state index contributed by atoms with van der Waals surface area (Å²) in [5.41, 5.74) is 1.26. The minimum Gasteiger partial charge on any atom is -0.314 e. The smallest absolute Gasteiger partial charge is 0.260 e. The minimum absolute atomic E-state index is 0.0361. The van der Waals surface area contributed by atoms with Crippen LogP contribution < -0.4 is 0 Å². The largest absolute Gasteiger partial charge is 0.314 e. The fourth-order valence-electron chi connectivity index (χ4n) is 5.40. The number of unbranched alkanes of at least 4 members (excludes halogenated alkanes) is 8. The van der Waals surface area contributed by atoms with Crippen molar-refractivity contribution < 1.29 is 9.59 Å². The van der Waals surface area contributed by atoms with Crippen LogP contribution >= 0.6 is 0 Å². The molecule has 2 atom stereocenters. The first-order valence-corrected chi connectivity index (χ1v) is 14.6. The second-order valence-corrected chi connectivity index (χ2v) is 10.7. The van der Waals surface area contributed by atoms with E-state index in [4.69, 9.17) is 0 Å². The first kappa shape index (κ1) is 28.7. The predicted molar refractivity (Wildman–Crippen MR) is 143 cm³/mol. The van der Waals surface area contributed by atoms with E-state index in [9.17, 15) is 9.59 Å². The van der Waals surface area contributed by atoms with Gasteiger partial charge in [-0.2, -0.15) is 0 Å². The van der Waals surface area contributed by atoms with Gasteiger partial charge in [-0.15, -0.1) is 0 Å². The van der Waals surface area contributed by atoms with E-state index in [2.05, 4.69) is 27.7 Å². The maximum absolute atomic E-state index is 13.2. The van der Waals surface area contributed by atoms with Crippen molar-refractivity contribution in [1.82, 2.24) is 9.80 Å². The van der Waals surface area contributed by atoms with Gasteiger partial charge in [0.1, 0.15) is 0 Å². The molecule has 4 nitrogen and oxygen atoms in total. The average Bonchev–Trinajstić information content (AvgIpc) is 3.31. The van der Waals surface area contributed by atoms with Gasteiger partial charge in [0.2, 0.25) is 0 Å². The Hall–Kier alpha value is -1.58. The number of hydrogen-bond donors (Lipinski definition) is 0. The highest BCUT2D eigenvalue weighted by Crippen LogP contribution is 2.33. The Balaban J connectivity index is 1.96. The van der Waals surface area contributed by atoms with Gasteiger partial charge in [0, 0.05) is 25.5 Å². The molecule has 34 heavy (non-hydrogen) atoms. The zero-order valence-electron chi connectivity index (χ0n) is 22.7. The van der Waals surface area contributed by atoms with Crippen LogP contribution in [0.1, 0.15) is 130 Å². The molecule has 0 aromatic rings. The normalized spacial score (nSPS) is 17.3. The van der Waals surface area contributed by atoms with E-state index in [1.54, 1.807) is 0 Å². The van der Waals surface area contributed by atoms with Crippen LogP contribution in [0.15, 0.2) is 23.5 Å². The summed E-state index contributed by atoms with van der Waals surface area (Å²) >= 11 is 0. The summed E-state index contributed by atoms with van der Waals surface area (Å²) in [4.78, 5) is 30.1. The molecule has 194 valence electrons. The van der Waals surface area contributed by atoms with Crippen molar-refractivity contribution in [1.29, 1.82) is 0 Å². The molecule has 0 bridgehead atoms. The summed E-state index contributed by atoms with van der Waals surface area (Å²) in [6.45, 7) is 10.5. The van der Waals surface area contributed by atoms with Crippen LogP contribution in [-0.4, -0.2) is 34.7 Å². The summed E-state index contributed by atoms with van der Waals surface area (Å²) in [5.74, 6) is 1.14. The molecule has 0 aromatic carbocycles. The second-order valence-electron chi connectivity index (χ2n) is 10.7. The lowest BCUT2D eigenvalue weighted by Crippen LogP contribution is -2.30. The van der Waals surface area contributed by atoms with Crippen LogP contribution in [0.5, 0.6) is 0 Å². The average molecular weight is 473 g/mol. The van der Waals surface area contributed by atoms with Gasteiger partial charge in [-0.25, -0.2) is 0 Å². The number of carbonyl (C=O) groups excluding carboxylic acids is 2. The van der Waals surface area contributed by atoms with E-state index in [0.717, 1.165) is 13.1 Å². The Morgan fingerprint density at radius 1 is 0.529 bits per heavy atom. The van der Waals surface area contributed by atoms with E-state index in [-0.39, 0.29) is 11.8 Å². The summed E-state index contributed by atoms with van der Waals surface area (Å²) in [7, 11) is 0. The monoisotopic (exact) mass is 472 g/mol. The third kappa shape index (κ3) is 8.89. The van der Waals surface area contributed by atoms with Crippen LogP contribution in [0.25, 0.3) is 0 Å². The first-order valence-electron chi connectivity index (χ1n) is 14.6. The number of rotatable bonds is 20. The van der Waals surface area contributed by atoms with Gasteiger partial charge < -0.3 is 9.80 Å². The van der Waals surface area contributed by atoms with E-state index in [0.29, 0.717) is 23.0 Å². The standard InChI is InChI=1S/C30H52N2O2/c1-5-9-13-15-19-25(17-11-7-3)21-31-23-27-28(29(31)33)24-32(30(27)34)22-26(18-12-8-4)20-16-14-10-6-2/h23-26H,5-22H2,1-4H3. The Morgan fingerprint density at radius 3 is 1.24 bits per heavy atom. The van der Waals surface area contributed by atoms with Crippen LogP contribution in [0, 0.1) is 11.8 Å². The lowest BCUT2D eigenvalue weighted by atomic mass is 9.94. The Labute approximate surface area is 210 Å². The summed E-state index contributed by atoms with van der Waals surface area (Å²) < 4.78 is 0. The Morgan fingerprint density at radius 2 is 0.882 bits per heavy atom. The van der Waals surface area contributed by atoms with Crippen LogP contribution in [0.2, 0.25) is 0 Å². The molecular weight excluding hydrogens is 420 g/mol. The summed E-state index contributed by atoms with van der Waals surface area (Å²) in [6.07, 6.45) is 23.4. The molecule has 0 spiro atoms. The topological polar surface area (TPSA) is 40.6 Å². The molecule has 0 aromatic heterocycles. The van der Waals surface area contributed by atoms with E-state index >= 15 is 0 Å². The minimum atomic E-state index is 0.0361. The van der Waals surface area contributed by atoms with Crippen molar-refractivity contribution in [3.63, 3.8) is 0 Å². The number of fused-ring (bicyclic) bond motifs is 1. The molecule has 2 aliphatic heterocycles. The predicted octanol–water partition coefficient (Wildman–Crippen LogP) is 7.99. The highest BCUT2D eigenvalue weighted by molar-refractivity contribution is 6.17. The number of amides is 2. The summed E-state index contributed by atoms with van der Waals surface area (Å²) in [5, 5.41) is 0. The number of hydrogen-bond acceptors (Lipinski definition) is 2. The molecule has 2 unspecified atom stereocenters. The lowest BCUT2D eigenvalue weighted by Gasteiger charge is -2.24. The van der Waals surface area contributed by atoms with Crippen molar-refractivity contribution in [2.45, 2.75) is 130 Å². The molecule has 2 heterocycles. The molecule has 2 rings (SSSR count). The zero-order valence-corrected chi connectivity index (χ0v) is 22.7. The van der Waals surface area contributed by atoms with Gasteiger partial charge in [0.25, 0.3) is 11.8 Å². The van der Waals surface area contributed by atoms with Crippen molar-refractivity contribution in [3.05, 3.63) is 23.5 Å². The molecule has 0 N–H and O–H groups in total. The highest BCUT2D eigenvalue weighted by Gasteiger charge is 2.40. The van der Waals surface area contributed by atoms with Crippen molar-refractivity contribution >= 4 is 11.8 Å². The zero-order chi connectivity index (χ0) is 24.8. The second kappa shape index (κ2) is 16.2. The van der Waals surface area contributed by atoms with E-state index in [1.807, 2.05) is 22.2 Å². The van der Waals surface area contributed by atoms with Crippen LogP contribution in [-0.2, 0) is 9.59 Å². The molecule has 0 aliphatic carbocycles. The Kier molecular flexibility index (Phi) is 13.6. The molecule has 0 fully saturated rings. The van der Waals surface area contributed by atoms with Gasteiger partial charge in [-0.3, -0.25) is 9.59 Å². The van der Waals surface area contributed by atoms with Gasteiger partial charge in [-0.05, 0) is 37.5 Å². The lowest BCUT2D eigenvalue weighted by molar-refractivity contribution is -0.124. The third-order valence-corrected chi connectivity index (χ3v) is 7.62. The fraction of sp³-hybridized carbons (Fsp3) is 0.800. The summed E-state index contributed by atoms with van der Waals surface area (Å²) in [6, 6.07) is 0. The SMILES string of the molecule is CCCCCCC(CCCC)CN1C=C2C(=O)N(CC(CCCC)CCCCCC)C=C2C1=O. The van der Waals surface area contributed by atoms with Gasteiger partial charge in [0.05, 0.1) is 11.1 Å². The van der Waals surface area contributed by atoms with Crippen molar-refractivity contribution in [3.8, 4) is 0 Å². The van der Waals surface area contributed by atoms with Gasteiger partial charge in [0.15, 0.2) is 0 Å². The molecule has 2 amide bonds. The third-order valence-electron chi connectivity index (χ3n) is 7.62. The van der Waals surface area contributed by atoms with Crippen molar-refractivity contribution in [2.24, 2.45) is 11.8 Å². The molecule has 0 saturated heterocycles. The van der Waals surface area contributed by atoms with E-state index in [1.165, 1.54) is 103 Å². The van der Waals surface area contributed by atoms with Crippen LogP contribution in [0.4, 0.5) is 0 Å². The van der Waals surface area contributed by atoms with E-state index < -0.39 is 0 Å². The number of nitrogens with zero attached hydrogens (tertiary/aromatic N) is 2. The first-order chi connectivity index (χ1) is 16.5. The Bertz CT molecular complexity index is 623. The highest BCUT2D eigenvalue weighted by atomic mass is 16.2. The molecular formula is C30H52N2O2. The quantitative estimate of drug-likeness (QED) is 0.168. The number of carbonyl (C=O) groups is 2.